The molecule has 0 amide bonds. The number of hydrogen-bond donors (Lipinski definition) is 1. The van der Waals surface area contributed by atoms with Crippen molar-refractivity contribution in [1.29, 1.82) is 0 Å². The largest absolute Gasteiger partial charge is 0.350 e. The summed E-state index contributed by atoms with van der Waals surface area (Å²) in [5.41, 5.74) is 4.89. The molecule has 0 radical (unpaired) electrons. The van der Waals surface area contributed by atoms with Crippen LogP contribution >= 0.6 is 0 Å². The highest BCUT2D eigenvalue weighted by Crippen LogP contribution is 2.59. The van der Waals surface area contributed by atoms with E-state index in [9.17, 15) is 0 Å². The van der Waals surface area contributed by atoms with Crippen molar-refractivity contribution in [3.8, 4) is 0 Å². The van der Waals surface area contributed by atoms with Gasteiger partial charge in [-0.2, -0.15) is 0 Å². The minimum absolute atomic E-state index is 0.887. The predicted octanol–water partition coefficient (Wildman–Crippen LogP) is 3.21. The third-order valence-electron chi connectivity index (χ3n) is 6.92. The van der Waals surface area contributed by atoms with Crippen LogP contribution in [0.2, 0.25) is 0 Å². The van der Waals surface area contributed by atoms with Crippen molar-refractivity contribution >= 4 is 0 Å². The third-order valence-corrected chi connectivity index (χ3v) is 6.92. The molecular formula is C18H26N2. The molecule has 0 unspecified atom stereocenters. The summed E-state index contributed by atoms with van der Waals surface area (Å²) < 4.78 is 2.56. The van der Waals surface area contributed by atoms with Crippen LogP contribution in [-0.2, 0) is 20.0 Å². The minimum atomic E-state index is 0.887. The molecule has 6 rings (SSSR count). The quantitative estimate of drug-likeness (QED) is 0.829. The zero-order valence-electron chi connectivity index (χ0n) is 12.6. The van der Waals surface area contributed by atoms with E-state index in [1.165, 1.54) is 32.1 Å². The lowest BCUT2D eigenvalue weighted by atomic mass is 9.51. The lowest BCUT2D eigenvalue weighted by Gasteiger charge is -2.54. The summed E-state index contributed by atoms with van der Waals surface area (Å²) in [5, 5.41) is 3.54. The molecule has 1 aliphatic heterocycles. The van der Waals surface area contributed by atoms with E-state index in [-0.39, 0.29) is 0 Å². The molecule has 4 bridgehead atoms. The molecule has 2 nitrogen and oxygen atoms in total. The molecule has 1 N–H and O–H groups in total. The Morgan fingerprint density at radius 3 is 2.40 bits per heavy atom. The molecule has 0 atom stereocenters. The van der Waals surface area contributed by atoms with Crippen LogP contribution in [0.3, 0.4) is 0 Å². The Bertz CT molecular complexity index is 514. The van der Waals surface area contributed by atoms with Gasteiger partial charge in [-0.3, -0.25) is 0 Å². The van der Waals surface area contributed by atoms with Crippen LogP contribution in [-0.4, -0.2) is 11.1 Å². The smallest absolute Gasteiger partial charge is 0.0362 e. The SMILES string of the molecule is Cn1c(C2C3CC4CC(C3)CC2C4)cc2c1CNCC2. The summed E-state index contributed by atoms with van der Waals surface area (Å²) in [7, 11) is 2.33. The second-order valence-corrected chi connectivity index (χ2v) is 7.98. The fourth-order valence-electron chi connectivity index (χ4n) is 6.34. The average Bonchev–Trinajstić information content (AvgIpc) is 2.76. The van der Waals surface area contributed by atoms with Crippen LogP contribution in [0.5, 0.6) is 0 Å². The van der Waals surface area contributed by atoms with Crippen molar-refractivity contribution in [3.05, 3.63) is 23.0 Å². The molecule has 4 aliphatic carbocycles. The van der Waals surface area contributed by atoms with Crippen LogP contribution < -0.4 is 5.32 Å². The first kappa shape index (κ1) is 11.9. The van der Waals surface area contributed by atoms with Gasteiger partial charge < -0.3 is 9.88 Å². The minimum Gasteiger partial charge on any atom is -0.350 e. The molecule has 108 valence electrons. The van der Waals surface area contributed by atoms with E-state index < -0.39 is 0 Å². The molecule has 0 saturated heterocycles. The van der Waals surface area contributed by atoms with Gasteiger partial charge in [0.2, 0.25) is 0 Å². The Morgan fingerprint density at radius 2 is 1.75 bits per heavy atom. The first-order valence-corrected chi connectivity index (χ1v) is 8.67. The maximum atomic E-state index is 3.54. The molecule has 2 heterocycles. The lowest BCUT2D eigenvalue weighted by molar-refractivity contribution is -0.00507. The first-order chi connectivity index (χ1) is 9.79. The van der Waals surface area contributed by atoms with Crippen molar-refractivity contribution in [2.75, 3.05) is 6.54 Å². The highest BCUT2D eigenvalue weighted by Gasteiger charge is 2.49. The van der Waals surface area contributed by atoms with E-state index in [2.05, 4.69) is 23.0 Å². The second-order valence-electron chi connectivity index (χ2n) is 7.98. The molecule has 1 aromatic heterocycles. The molecule has 20 heavy (non-hydrogen) atoms. The molecular weight excluding hydrogens is 244 g/mol. The Kier molecular flexibility index (Phi) is 2.45. The van der Waals surface area contributed by atoms with Gasteiger partial charge >= 0.3 is 0 Å². The van der Waals surface area contributed by atoms with Crippen molar-refractivity contribution in [1.82, 2.24) is 9.88 Å². The number of fused-ring (bicyclic) bond motifs is 1. The maximum Gasteiger partial charge on any atom is 0.0362 e. The Morgan fingerprint density at radius 1 is 1.05 bits per heavy atom. The predicted molar refractivity (Wildman–Crippen MR) is 80.6 cm³/mol. The summed E-state index contributed by atoms with van der Waals surface area (Å²) in [6.45, 7) is 2.25. The Labute approximate surface area is 121 Å². The van der Waals surface area contributed by atoms with E-state index in [4.69, 9.17) is 0 Å². The molecule has 0 aromatic carbocycles. The third kappa shape index (κ3) is 1.55. The normalized spacial score (nSPS) is 42.0. The van der Waals surface area contributed by atoms with Crippen LogP contribution in [0.1, 0.15) is 55.0 Å². The fraction of sp³-hybridized carbons (Fsp3) is 0.778. The van der Waals surface area contributed by atoms with Crippen LogP contribution in [0.4, 0.5) is 0 Å². The van der Waals surface area contributed by atoms with Gasteiger partial charge in [0.1, 0.15) is 0 Å². The second kappa shape index (κ2) is 4.13. The van der Waals surface area contributed by atoms with Crippen molar-refractivity contribution in [2.24, 2.45) is 30.7 Å². The van der Waals surface area contributed by atoms with Crippen LogP contribution in [0.15, 0.2) is 6.07 Å². The van der Waals surface area contributed by atoms with E-state index in [1.54, 1.807) is 23.4 Å². The van der Waals surface area contributed by atoms with E-state index >= 15 is 0 Å². The highest BCUT2D eigenvalue weighted by atomic mass is 15.0. The fourth-order valence-corrected chi connectivity index (χ4v) is 6.34. The number of nitrogens with zero attached hydrogens (tertiary/aromatic N) is 1. The van der Waals surface area contributed by atoms with Crippen molar-refractivity contribution in [2.45, 2.75) is 51.0 Å². The monoisotopic (exact) mass is 270 g/mol. The van der Waals surface area contributed by atoms with Crippen LogP contribution in [0.25, 0.3) is 0 Å². The zero-order chi connectivity index (χ0) is 13.3. The Balaban J connectivity index is 1.55. The summed E-state index contributed by atoms with van der Waals surface area (Å²) in [6.07, 6.45) is 8.93. The van der Waals surface area contributed by atoms with Gasteiger partial charge in [-0.15, -0.1) is 0 Å². The maximum absolute atomic E-state index is 3.54. The molecule has 4 saturated carbocycles. The van der Waals surface area contributed by atoms with Gasteiger partial charge in [-0.1, -0.05) is 0 Å². The van der Waals surface area contributed by atoms with E-state index in [0.717, 1.165) is 42.7 Å². The summed E-state index contributed by atoms with van der Waals surface area (Å²) in [6, 6.07) is 2.59. The lowest BCUT2D eigenvalue weighted by Crippen LogP contribution is -2.44. The number of nitrogens with one attached hydrogen (secondary N) is 1. The van der Waals surface area contributed by atoms with Gasteiger partial charge in [-0.05, 0) is 80.4 Å². The van der Waals surface area contributed by atoms with Gasteiger partial charge in [0.05, 0.1) is 0 Å². The Hall–Kier alpha value is -0.760. The standard InChI is InChI=1S/C18H26N2/c1-20-16(9-13-2-3-19-10-17(13)20)18-14-5-11-4-12(7-14)8-15(18)6-11/h9,11-12,14-15,18-19H,2-8,10H2,1H3. The molecule has 0 spiro atoms. The molecule has 1 aromatic rings. The van der Waals surface area contributed by atoms with Gasteiger partial charge in [0.25, 0.3) is 0 Å². The van der Waals surface area contributed by atoms with E-state index in [0.29, 0.717) is 0 Å². The summed E-state index contributed by atoms with van der Waals surface area (Å²) in [4.78, 5) is 0. The van der Waals surface area contributed by atoms with Crippen molar-refractivity contribution < 1.29 is 0 Å². The van der Waals surface area contributed by atoms with Crippen LogP contribution in [0, 0.1) is 23.7 Å². The van der Waals surface area contributed by atoms with Crippen molar-refractivity contribution in [3.63, 3.8) is 0 Å². The van der Waals surface area contributed by atoms with E-state index in [1.807, 2.05) is 0 Å². The summed E-state index contributed by atoms with van der Waals surface area (Å²) in [5.74, 6) is 5.08. The number of rotatable bonds is 1. The van der Waals surface area contributed by atoms with Gasteiger partial charge in [0.15, 0.2) is 0 Å². The first-order valence-electron chi connectivity index (χ1n) is 8.67. The van der Waals surface area contributed by atoms with Gasteiger partial charge in [-0.25, -0.2) is 0 Å². The summed E-state index contributed by atoms with van der Waals surface area (Å²) >= 11 is 0. The molecule has 5 aliphatic rings. The molecule has 4 fully saturated rings. The number of aromatic nitrogens is 1. The number of hydrogen-bond acceptors (Lipinski definition) is 1. The topological polar surface area (TPSA) is 17.0 Å². The van der Waals surface area contributed by atoms with Gasteiger partial charge in [0, 0.05) is 30.9 Å². The average molecular weight is 270 g/mol. The highest BCUT2D eigenvalue weighted by molar-refractivity contribution is 5.33. The molecule has 2 heteroatoms. The zero-order valence-corrected chi connectivity index (χ0v) is 12.6.